The Morgan fingerprint density at radius 3 is 2.30 bits per heavy atom. The minimum Gasteiger partial charge on any atom is -0.358 e. The number of halogens is 2. The number of hydrogen-bond acceptors (Lipinski definition) is 6. The molecule has 2 aromatic rings. The highest BCUT2D eigenvalue weighted by Gasteiger charge is 2.17. The zero-order chi connectivity index (χ0) is 17.0. The van der Waals surface area contributed by atoms with E-state index in [1.54, 1.807) is 18.2 Å². The number of hydrogen-bond donors (Lipinski definition) is 2. The van der Waals surface area contributed by atoms with E-state index >= 15 is 0 Å². The molecule has 118 valence electrons. The van der Waals surface area contributed by atoms with Crippen LogP contribution in [-0.4, -0.2) is 26.8 Å². The van der Waals surface area contributed by atoms with Crippen LogP contribution in [0.15, 0.2) is 39.5 Å². The van der Waals surface area contributed by atoms with Crippen LogP contribution in [-0.2, 0) is 0 Å². The number of anilines is 1. The molecular formula is C12H7Br2N5O4. The van der Waals surface area contributed by atoms with Crippen LogP contribution in [0, 0.1) is 10.1 Å². The van der Waals surface area contributed by atoms with Gasteiger partial charge in [0.25, 0.3) is 5.91 Å². The van der Waals surface area contributed by atoms with Crippen molar-refractivity contribution >= 4 is 55.4 Å². The lowest BCUT2D eigenvalue weighted by Crippen LogP contribution is -2.35. The lowest BCUT2D eigenvalue weighted by Gasteiger charge is -2.08. The Balaban J connectivity index is 2.04. The lowest BCUT2D eigenvalue weighted by atomic mass is 10.2. The van der Waals surface area contributed by atoms with E-state index in [4.69, 9.17) is 0 Å². The molecule has 1 aromatic heterocycles. The molecule has 0 aliphatic heterocycles. The van der Waals surface area contributed by atoms with Gasteiger partial charge in [-0.1, -0.05) is 6.07 Å². The van der Waals surface area contributed by atoms with Crippen LogP contribution in [0.4, 0.5) is 16.4 Å². The first-order chi connectivity index (χ1) is 10.9. The Morgan fingerprint density at radius 1 is 1.13 bits per heavy atom. The van der Waals surface area contributed by atoms with Gasteiger partial charge in [-0.3, -0.25) is 15.4 Å². The molecule has 0 fully saturated rings. The van der Waals surface area contributed by atoms with Crippen molar-refractivity contribution in [2.75, 3.05) is 5.32 Å². The van der Waals surface area contributed by atoms with Gasteiger partial charge >= 0.3 is 11.8 Å². The maximum atomic E-state index is 12.1. The Morgan fingerprint density at radius 2 is 1.78 bits per heavy atom. The summed E-state index contributed by atoms with van der Waals surface area (Å²) in [5, 5.41) is 14.8. The topological polar surface area (TPSA) is 127 Å². The summed E-state index contributed by atoms with van der Waals surface area (Å²) >= 11 is 6.43. The maximum Gasteiger partial charge on any atom is 0.382 e. The second-order valence-corrected chi connectivity index (χ2v) is 5.73. The average molecular weight is 445 g/mol. The molecule has 9 nitrogen and oxygen atoms in total. The van der Waals surface area contributed by atoms with Crippen molar-refractivity contribution in [3.05, 3.63) is 55.2 Å². The Hall–Kier alpha value is -2.40. The number of nitro groups is 1. The van der Waals surface area contributed by atoms with Crippen molar-refractivity contribution in [2.45, 2.75) is 0 Å². The number of imide groups is 1. The summed E-state index contributed by atoms with van der Waals surface area (Å²) in [5.74, 6) is -1.13. The average Bonchev–Trinajstić information content (AvgIpc) is 2.47. The highest BCUT2D eigenvalue weighted by molar-refractivity contribution is 9.11. The van der Waals surface area contributed by atoms with Gasteiger partial charge in [0.05, 0.1) is 5.56 Å². The zero-order valence-corrected chi connectivity index (χ0v) is 14.3. The number of aromatic nitrogens is 2. The summed E-state index contributed by atoms with van der Waals surface area (Å²) in [6.07, 6.45) is 1.90. The summed E-state index contributed by atoms with van der Waals surface area (Å²) in [7, 11) is 0. The van der Waals surface area contributed by atoms with Crippen molar-refractivity contribution in [3.63, 3.8) is 0 Å². The summed E-state index contributed by atoms with van der Waals surface area (Å²) in [6.45, 7) is 0. The van der Waals surface area contributed by atoms with Crippen LogP contribution in [0.1, 0.15) is 10.4 Å². The third-order valence-electron chi connectivity index (χ3n) is 2.48. The Labute approximate surface area is 145 Å². The van der Waals surface area contributed by atoms with Gasteiger partial charge < -0.3 is 10.1 Å². The van der Waals surface area contributed by atoms with Gasteiger partial charge in [-0.15, -0.1) is 0 Å². The van der Waals surface area contributed by atoms with Gasteiger partial charge in [-0.2, -0.15) is 0 Å². The highest BCUT2D eigenvalue weighted by Crippen LogP contribution is 2.24. The van der Waals surface area contributed by atoms with Crippen LogP contribution in [0.5, 0.6) is 0 Å². The molecule has 0 aliphatic carbocycles. The number of nitrogens with zero attached hydrogens (tertiary/aromatic N) is 3. The number of urea groups is 1. The maximum absolute atomic E-state index is 12.1. The molecule has 0 aliphatic rings. The number of carbonyl (C=O) groups excluding carboxylic acids is 2. The highest BCUT2D eigenvalue weighted by atomic mass is 79.9. The third kappa shape index (κ3) is 4.29. The SMILES string of the molecule is O=C(NC(=O)c1c(Br)cccc1Br)Nc1cnc([N+](=O)[O-])cn1. The van der Waals surface area contributed by atoms with Crippen molar-refractivity contribution < 1.29 is 14.5 Å². The molecule has 0 unspecified atom stereocenters. The molecule has 23 heavy (non-hydrogen) atoms. The fourth-order valence-electron chi connectivity index (χ4n) is 1.51. The number of carbonyl (C=O) groups is 2. The number of rotatable bonds is 3. The molecule has 11 heteroatoms. The molecule has 0 spiro atoms. The van der Waals surface area contributed by atoms with Crippen LogP contribution in [0.25, 0.3) is 0 Å². The van der Waals surface area contributed by atoms with E-state index < -0.39 is 22.7 Å². The fraction of sp³-hybridized carbons (Fsp3) is 0. The summed E-state index contributed by atoms with van der Waals surface area (Å²) in [6, 6.07) is 4.18. The molecule has 0 saturated heterocycles. The molecule has 2 N–H and O–H groups in total. The molecule has 3 amide bonds. The first-order valence-electron chi connectivity index (χ1n) is 5.91. The number of nitrogens with one attached hydrogen (secondary N) is 2. The van der Waals surface area contributed by atoms with Crippen molar-refractivity contribution in [1.29, 1.82) is 0 Å². The predicted molar refractivity (Wildman–Crippen MR) is 87.0 cm³/mol. The smallest absolute Gasteiger partial charge is 0.358 e. The molecule has 1 aromatic carbocycles. The monoisotopic (exact) mass is 443 g/mol. The van der Waals surface area contributed by atoms with E-state index in [-0.39, 0.29) is 11.4 Å². The van der Waals surface area contributed by atoms with Crippen LogP contribution in [0.3, 0.4) is 0 Å². The normalized spacial score (nSPS) is 10.0. The zero-order valence-electron chi connectivity index (χ0n) is 11.1. The largest absolute Gasteiger partial charge is 0.382 e. The molecule has 0 saturated carbocycles. The molecule has 0 radical (unpaired) electrons. The van der Waals surface area contributed by atoms with Crippen molar-refractivity contribution in [2.24, 2.45) is 0 Å². The fourth-order valence-corrected chi connectivity index (χ4v) is 2.87. The van der Waals surface area contributed by atoms with Crippen molar-refractivity contribution in [1.82, 2.24) is 15.3 Å². The van der Waals surface area contributed by atoms with E-state index in [2.05, 4.69) is 52.5 Å². The molecule has 0 atom stereocenters. The van der Waals surface area contributed by atoms with Gasteiger partial charge in [0.2, 0.25) is 0 Å². The quantitative estimate of drug-likeness (QED) is 0.553. The summed E-state index contributed by atoms with van der Waals surface area (Å²) in [5.41, 5.74) is 0.248. The van der Waals surface area contributed by atoms with E-state index in [1.807, 2.05) is 0 Å². The molecule has 2 rings (SSSR count). The molecule has 1 heterocycles. The van der Waals surface area contributed by atoms with Crippen LogP contribution in [0.2, 0.25) is 0 Å². The molecule has 0 bridgehead atoms. The summed E-state index contributed by atoms with van der Waals surface area (Å²) < 4.78 is 1.01. The van der Waals surface area contributed by atoms with Gasteiger partial charge in [0.1, 0.15) is 6.20 Å². The van der Waals surface area contributed by atoms with Crippen LogP contribution < -0.4 is 10.6 Å². The molecular weight excluding hydrogens is 438 g/mol. The first kappa shape index (κ1) is 17.0. The van der Waals surface area contributed by atoms with Gasteiger partial charge in [0.15, 0.2) is 12.0 Å². The van der Waals surface area contributed by atoms with Crippen LogP contribution >= 0.6 is 31.9 Å². The predicted octanol–water partition coefficient (Wildman–Crippen LogP) is 2.87. The second-order valence-electron chi connectivity index (χ2n) is 4.02. The third-order valence-corrected chi connectivity index (χ3v) is 3.81. The van der Waals surface area contributed by atoms with E-state index in [9.17, 15) is 19.7 Å². The number of benzene rings is 1. The van der Waals surface area contributed by atoms with E-state index in [1.165, 1.54) is 0 Å². The first-order valence-corrected chi connectivity index (χ1v) is 7.50. The summed E-state index contributed by atoms with van der Waals surface area (Å²) in [4.78, 5) is 40.7. The Bertz CT molecular complexity index is 761. The number of amides is 3. The van der Waals surface area contributed by atoms with Gasteiger partial charge in [-0.05, 0) is 53.9 Å². The van der Waals surface area contributed by atoms with Gasteiger partial charge in [0, 0.05) is 8.95 Å². The van der Waals surface area contributed by atoms with E-state index in [0.29, 0.717) is 8.95 Å². The standard InChI is InChI=1S/C12H7Br2N5O4/c13-6-2-1-3-7(14)10(6)11(20)18-12(21)17-8-4-16-9(5-15-8)19(22)23/h1-5H,(H2,15,17,18,20,21). The minimum absolute atomic E-state index is 0.0351. The minimum atomic E-state index is -0.846. The Kier molecular flexibility index (Phi) is 5.34. The van der Waals surface area contributed by atoms with E-state index in [0.717, 1.165) is 12.4 Å². The lowest BCUT2D eigenvalue weighted by molar-refractivity contribution is -0.389. The van der Waals surface area contributed by atoms with Crippen molar-refractivity contribution in [3.8, 4) is 0 Å². The van der Waals surface area contributed by atoms with Gasteiger partial charge in [-0.25, -0.2) is 9.78 Å². The second kappa shape index (κ2) is 7.24.